The Hall–Kier alpha value is -4.13. The van der Waals surface area contributed by atoms with E-state index in [-0.39, 0.29) is 17.5 Å². The molecule has 0 radical (unpaired) electrons. The van der Waals surface area contributed by atoms with Crippen molar-refractivity contribution in [2.75, 3.05) is 19.5 Å². The Labute approximate surface area is 174 Å². The van der Waals surface area contributed by atoms with Crippen molar-refractivity contribution >= 4 is 23.6 Å². The molecule has 2 N–H and O–H groups in total. The number of carbonyl (C=O) groups is 2. The van der Waals surface area contributed by atoms with Crippen LogP contribution in [0.2, 0.25) is 0 Å². The number of carbonyl (C=O) groups excluding carboxylic acids is 2. The summed E-state index contributed by atoms with van der Waals surface area (Å²) in [6.07, 6.45) is 4.69. The monoisotopic (exact) mass is 403 g/mol. The van der Waals surface area contributed by atoms with Crippen LogP contribution in [-0.4, -0.2) is 31.0 Å². The van der Waals surface area contributed by atoms with Gasteiger partial charge in [0.15, 0.2) is 0 Å². The van der Waals surface area contributed by atoms with E-state index in [1.807, 2.05) is 24.3 Å². The molecule has 0 aliphatic heterocycles. The SMILES string of the molecule is CNC(=O)c1cc(Oc2ccc(NC(=O)C=Cc3ccc(OC)cc3)cc2)ccn1. The van der Waals surface area contributed by atoms with Crippen LogP contribution < -0.4 is 20.1 Å². The van der Waals surface area contributed by atoms with E-state index in [0.29, 0.717) is 17.2 Å². The van der Waals surface area contributed by atoms with E-state index in [4.69, 9.17) is 9.47 Å². The molecule has 7 heteroatoms. The van der Waals surface area contributed by atoms with E-state index in [1.165, 1.54) is 19.3 Å². The normalized spacial score (nSPS) is 10.5. The summed E-state index contributed by atoms with van der Waals surface area (Å²) in [5.74, 6) is 1.28. The fraction of sp³-hybridized carbons (Fsp3) is 0.0870. The average Bonchev–Trinajstić information content (AvgIpc) is 2.79. The number of anilines is 1. The summed E-state index contributed by atoms with van der Waals surface area (Å²) in [5, 5.41) is 5.30. The fourth-order valence-corrected chi connectivity index (χ4v) is 2.54. The van der Waals surface area contributed by atoms with Gasteiger partial charge in [-0.3, -0.25) is 14.6 Å². The van der Waals surface area contributed by atoms with Crippen LogP contribution in [0, 0.1) is 0 Å². The van der Waals surface area contributed by atoms with Crippen molar-refractivity contribution in [2.45, 2.75) is 0 Å². The number of aromatic nitrogens is 1. The van der Waals surface area contributed by atoms with Crippen molar-refractivity contribution in [1.82, 2.24) is 10.3 Å². The highest BCUT2D eigenvalue weighted by Crippen LogP contribution is 2.23. The van der Waals surface area contributed by atoms with E-state index < -0.39 is 0 Å². The van der Waals surface area contributed by atoms with Crippen LogP contribution in [0.25, 0.3) is 6.08 Å². The molecule has 0 unspecified atom stereocenters. The van der Waals surface area contributed by atoms with Gasteiger partial charge in [0.05, 0.1) is 7.11 Å². The number of nitrogens with one attached hydrogen (secondary N) is 2. The lowest BCUT2D eigenvalue weighted by Gasteiger charge is -2.08. The first-order valence-corrected chi connectivity index (χ1v) is 9.16. The highest BCUT2D eigenvalue weighted by Gasteiger charge is 2.07. The molecule has 0 bridgehead atoms. The standard InChI is InChI=1S/C23H21N3O4/c1-24-23(28)21-15-20(13-14-25-21)30-19-10-6-17(7-11-19)26-22(27)12-5-16-3-8-18(29-2)9-4-16/h3-15H,1-2H3,(H,24,28)(H,26,27). The molecule has 3 aromatic rings. The number of nitrogens with zero attached hydrogens (tertiary/aromatic N) is 1. The highest BCUT2D eigenvalue weighted by molar-refractivity contribution is 6.01. The van der Waals surface area contributed by atoms with Crippen molar-refractivity contribution in [3.05, 3.63) is 84.2 Å². The number of amides is 2. The molecule has 0 spiro atoms. The Balaban J connectivity index is 1.58. The minimum absolute atomic E-state index is 0.246. The van der Waals surface area contributed by atoms with E-state index in [9.17, 15) is 9.59 Å². The number of ether oxygens (including phenoxy) is 2. The fourth-order valence-electron chi connectivity index (χ4n) is 2.54. The van der Waals surface area contributed by atoms with Gasteiger partial charge in [-0.2, -0.15) is 0 Å². The Morgan fingerprint density at radius 2 is 1.63 bits per heavy atom. The van der Waals surface area contributed by atoms with Gasteiger partial charge >= 0.3 is 0 Å². The molecule has 0 aliphatic rings. The van der Waals surface area contributed by atoms with E-state index in [1.54, 1.807) is 49.6 Å². The highest BCUT2D eigenvalue weighted by atomic mass is 16.5. The van der Waals surface area contributed by atoms with Crippen LogP contribution in [-0.2, 0) is 4.79 Å². The second-order valence-corrected chi connectivity index (χ2v) is 6.18. The molecule has 152 valence electrons. The maximum atomic E-state index is 12.1. The molecule has 1 aromatic heterocycles. The van der Waals surface area contributed by atoms with Gasteiger partial charge in [0.1, 0.15) is 22.9 Å². The van der Waals surface area contributed by atoms with E-state index >= 15 is 0 Å². The zero-order valence-electron chi connectivity index (χ0n) is 16.6. The molecule has 0 fully saturated rings. The van der Waals surface area contributed by atoms with Gasteiger partial charge in [0.2, 0.25) is 5.91 Å². The van der Waals surface area contributed by atoms with Gasteiger partial charge in [0.25, 0.3) is 5.91 Å². The van der Waals surface area contributed by atoms with Gasteiger partial charge in [-0.25, -0.2) is 0 Å². The van der Waals surface area contributed by atoms with Crippen LogP contribution in [0.4, 0.5) is 5.69 Å². The van der Waals surface area contributed by atoms with Gasteiger partial charge < -0.3 is 20.1 Å². The van der Waals surface area contributed by atoms with Crippen LogP contribution >= 0.6 is 0 Å². The number of hydrogen-bond acceptors (Lipinski definition) is 5. The molecule has 0 aliphatic carbocycles. The number of methoxy groups -OCH3 is 1. The summed E-state index contributed by atoms with van der Waals surface area (Å²) in [6.45, 7) is 0. The minimum atomic E-state index is -0.291. The van der Waals surface area contributed by atoms with Crippen molar-refractivity contribution in [3.8, 4) is 17.2 Å². The number of pyridine rings is 1. The molecule has 0 saturated carbocycles. The third-order valence-electron chi connectivity index (χ3n) is 4.09. The third-order valence-corrected chi connectivity index (χ3v) is 4.09. The van der Waals surface area contributed by atoms with Gasteiger partial charge in [0, 0.05) is 31.1 Å². The number of benzene rings is 2. The molecule has 30 heavy (non-hydrogen) atoms. The van der Waals surface area contributed by atoms with Crippen LogP contribution in [0.3, 0.4) is 0 Å². The summed E-state index contributed by atoms with van der Waals surface area (Å²) in [5.41, 5.74) is 1.79. The first-order valence-electron chi connectivity index (χ1n) is 9.16. The summed E-state index contributed by atoms with van der Waals surface area (Å²) in [4.78, 5) is 27.8. The Morgan fingerprint density at radius 3 is 2.30 bits per heavy atom. The Morgan fingerprint density at radius 1 is 0.933 bits per heavy atom. The van der Waals surface area contributed by atoms with Crippen molar-refractivity contribution < 1.29 is 19.1 Å². The average molecular weight is 403 g/mol. The summed E-state index contributed by atoms with van der Waals surface area (Å²) < 4.78 is 10.8. The second-order valence-electron chi connectivity index (χ2n) is 6.18. The van der Waals surface area contributed by atoms with Gasteiger partial charge in [-0.15, -0.1) is 0 Å². The van der Waals surface area contributed by atoms with Crippen LogP contribution in [0.15, 0.2) is 72.9 Å². The smallest absolute Gasteiger partial charge is 0.269 e. The number of rotatable bonds is 7. The predicted molar refractivity (Wildman–Crippen MR) is 115 cm³/mol. The Bertz CT molecular complexity index is 1040. The Kier molecular flexibility index (Phi) is 6.78. The molecule has 0 saturated heterocycles. The molecule has 7 nitrogen and oxygen atoms in total. The molecular weight excluding hydrogens is 382 g/mol. The zero-order chi connectivity index (χ0) is 21.3. The maximum Gasteiger partial charge on any atom is 0.269 e. The largest absolute Gasteiger partial charge is 0.497 e. The molecule has 1 heterocycles. The molecule has 2 amide bonds. The predicted octanol–water partition coefficient (Wildman–Crippen LogP) is 3.89. The molecule has 3 rings (SSSR count). The van der Waals surface area contributed by atoms with Gasteiger partial charge in [-0.1, -0.05) is 12.1 Å². The lowest BCUT2D eigenvalue weighted by Crippen LogP contribution is -2.18. The summed E-state index contributed by atoms with van der Waals surface area (Å²) in [6, 6.07) is 17.5. The second kappa shape index (κ2) is 9.88. The lowest BCUT2D eigenvalue weighted by molar-refractivity contribution is -0.111. The summed E-state index contributed by atoms with van der Waals surface area (Å²) >= 11 is 0. The molecule has 0 atom stereocenters. The first kappa shape index (κ1) is 20.6. The summed E-state index contributed by atoms with van der Waals surface area (Å²) in [7, 11) is 3.14. The molecule has 2 aromatic carbocycles. The zero-order valence-corrected chi connectivity index (χ0v) is 16.6. The lowest BCUT2D eigenvalue weighted by atomic mass is 10.2. The van der Waals surface area contributed by atoms with Crippen molar-refractivity contribution in [3.63, 3.8) is 0 Å². The third kappa shape index (κ3) is 5.68. The van der Waals surface area contributed by atoms with E-state index in [2.05, 4.69) is 15.6 Å². The van der Waals surface area contributed by atoms with Crippen LogP contribution in [0.5, 0.6) is 17.2 Å². The first-order chi connectivity index (χ1) is 14.6. The molecular formula is C23H21N3O4. The number of hydrogen-bond donors (Lipinski definition) is 2. The maximum absolute atomic E-state index is 12.1. The quantitative estimate of drug-likeness (QED) is 0.584. The topological polar surface area (TPSA) is 89.6 Å². The van der Waals surface area contributed by atoms with Crippen molar-refractivity contribution in [2.24, 2.45) is 0 Å². The van der Waals surface area contributed by atoms with Gasteiger partial charge in [-0.05, 0) is 54.1 Å². The van der Waals surface area contributed by atoms with Crippen molar-refractivity contribution in [1.29, 1.82) is 0 Å². The van der Waals surface area contributed by atoms with E-state index in [0.717, 1.165) is 11.3 Å². The minimum Gasteiger partial charge on any atom is -0.497 e. The van der Waals surface area contributed by atoms with Crippen LogP contribution in [0.1, 0.15) is 16.1 Å².